The predicted octanol–water partition coefficient (Wildman–Crippen LogP) is 2.50. The summed E-state index contributed by atoms with van der Waals surface area (Å²) in [5.74, 6) is -1.23. The van der Waals surface area contributed by atoms with Crippen LogP contribution in [0, 0.1) is 0 Å². The number of carboxylic acid groups (broad SMARTS) is 1. The number of hydrogen-bond acceptors (Lipinski definition) is 3. The second-order valence-corrected chi connectivity index (χ2v) is 4.38. The zero-order valence-corrected chi connectivity index (χ0v) is 10.4. The summed E-state index contributed by atoms with van der Waals surface area (Å²) in [6.07, 6.45) is -0.0368. The first-order valence-corrected chi connectivity index (χ1v) is 5.66. The molecule has 1 unspecified atom stereocenters. The van der Waals surface area contributed by atoms with E-state index in [0.717, 1.165) is 0 Å². The quantitative estimate of drug-likeness (QED) is 0.809. The van der Waals surface area contributed by atoms with E-state index in [1.165, 1.54) is 18.5 Å². The SMILES string of the molecule is O=C(O)c1nc[nH]c1C(O)c1cc(Cl)ccc1Cl. The van der Waals surface area contributed by atoms with E-state index in [1.807, 2.05) is 0 Å². The van der Waals surface area contributed by atoms with Crippen LogP contribution in [0.3, 0.4) is 0 Å². The molecule has 1 aromatic heterocycles. The highest BCUT2D eigenvalue weighted by Gasteiger charge is 2.23. The van der Waals surface area contributed by atoms with Crippen molar-refractivity contribution in [2.75, 3.05) is 0 Å². The van der Waals surface area contributed by atoms with Crippen LogP contribution in [0.15, 0.2) is 24.5 Å². The average Bonchev–Trinajstić information content (AvgIpc) is 2.80. The first-order valence-electron chi connectivity index (χ1n) is 4.90. The first-order chi connectivity index (χ1) is 8.50. The van der Waals surface area contributed by atoms with E-state index in [2.05, 4.69) is 9.97 Å². The topological polar surface area (TPSA) is 86.2 Å². The van der Waals surface area contributed by atoms with Crippen molar-refractivity contribution in [1.29, 1.82) is 0 Å². The summed E-state index contributed by atoms with van der Waals surface area (Å²) >= 11 is 11.8. The number of nitrogens with zero attached hydrogens (tertiary/aromatic N) is 1. The van der Waals surface area contributed by atoms with Crippen molar-refractivity contribution in [3.05, 3.63) is 51.5 Å². The van der Waals surface area contributed by atoms with E-state index in [4.69, 9.17) is 28.3 Å². The van der Waals surface area contributed by atoms with Crippen LogP contribution in [0.2, 0.25) is 10.0 Å². The molecule has 0 saturated heterocycles. The molecular formula is C11H8Cl2N2O3. The number of aliphatic hydroxyl groups excluding tert-OH is 1. The number of imidazole rings is 1. The number of aromatic nitrogens is 2. The van der Waals surface area contributed by atoms with E-state index in [0.29, 0.717) is 10.6 Å². The molecular weight excluding hydrogens is 279 g/mol. The summed E-state index contributed by atoms with van der Waals surface area (Å²) < 4.78 is 0. The lowest BCUT2D eigenvalue weighted by Gasteiger charge is -2.12. The highest BCUT2D eigenvalue weighted by Crippen LogP contribution is 2.30. The van der Waals surface area contributed by atoms with Gasteiger partial charge in [-0.25, -0.2) is 9.78 Å². The summed E-state index contributed by atoms with van der Waals surface area (Å²) in [5, 5.41) is 19.7. The lowest BCUT2D eigenvalue weighted by molar-refractivity contribution is 0.0685. The molecule has 1 atom stereocenters. The Bertz CT molecular complexity index is 598. The first kappa shape index (κ1) is 12.9. The molecule has 7 heteroatoms. The molecule has 5 nitrogen and oxygen atoms in total. The molecule has 1 heterocycles. The Kier molecular flexibility index (Phi) is 3.56. The second kappa shape index (κ2) is 4.97. The number of nitrogens with one attached hydrogen (secondary N) is 1. The van der Waals surface area contributed by atoms with Gasteiger partial charge in [-0.05, 0) is 18.2 Å². The van der Waals surface area contributed by atoms with Crippen molar-refractivity contribution >= 4 is 29.2 Å². The zero-order valence-electron chi connectivity index (χ0n) is 8.89. The summed E-state index contributed by atoms with van der Waals surface area (Å²) in [6.45, 7) is 0. The molecule has 1 aromatic carbocycles. The summed E-state index contributed by atoms with van der Waals surface area (Å²) in [4.78, 5) is 17.1. The van der Waals surface area contributed by atoms with Crippen LogP contribution in [0.4, 0.5) is 0 Å². The van der Waals surface area contributed by atoms with Crippen LogP contribution in [-0.2, 0) is 0 Å². The van der Waals surface area contributed by atoms with E-state index < -0.39 is 12.1 Å². The number of carboxylic acids is 1. The van der Waals surface area contributed by atoms with Crippen molar-refractivity contribution in [1.82, 2.24) is 9.97 Å². The number of aliphatic hydroxyl groups is 1. The highest BCUT2D eigenvalue weighted by atomic mass is 35.5. The minimum Gasteiger partial charge on any atom is -0.476 e. The smallest absolute Gasteiger partial charge is 0.356 e. The molecule has 0 fully saturated rings. The molecule has 0 aliphatic heterocycles. The molecule has 2 rings (SSSR count). The summed E-state index contributed by atoms with van der Waals surface area (Å²) in [7, 11) is 0. The van der Waals surface area contributed by atoms with Gasteiger partial charge in [-0.2, -0.15) is 0 Å². The van der Waals surface area contributed by atoms with Crippen LogP contribution in [0.1, 0.15) is 27.8 Å². The number of benzene rings is 1. The predicted molar refractivity (Wildman–Crippen MR) is 66.1 cm³/mol. The van der Waals surface area contributed by atoms with E-state index in [9.17, 15) is 9.90 Å². The average molecular weight is 287 g/mol. The van der Waals surface area contributed by atoms with Crippen molar-refractivity contribution in [3.63, 3.8) is 0 Å². The van der Waals surface area contributed by atoms with Crippen LogP contribution >= 0.6 is 23.2 Å². The van der Waals surface area contributed by atoms with Gasteiger partial charge in [0.05, 0.1) is 12.0 Å². The fourth-order valence-corrected chi connectivity index (χ4v) is 1.96. The molecule has 0 spiro atoms. The van der Waals surface area contributed by atoms with Gasteiger partial charge in [-0.15, -0.1) is 0 Å². The third-order valence-electron chi connectivity index (χ3n) is 2.40. The maximum absolute atomic E-state index is 10.9. The van der Waals surface area contributed by atoms with Crippen LogP contribution in [0.5, 0.6) is 0 Å². The monoisotopic (exact) mass is 286 g/mol. The zero-order chi connectivity index (χ0) is 13.3. The van der Waals surface area contributed by atoms with E-state index >= 15 is 0 Å². The number of hydrogen-bond donors (Lipinski definition) is 3. The van der Waals surface area contributed by atoms with Gasteiger partial charge in [0.1, 0.15) is 6.10 Å². The van der Waals surface area contributed by atoms with Crippen molar-refractivity contribution < 1.29 is 15.0 Å². The lowest BCUT2D eigenvalue weighted by Crippen LogP contribution is -2.08. The van der Waals surface area contributed by atoms with Crippen LogP contribution < -0.4 is 0 Å². The molecule has 18 heavy (non-hydrogen) atoms. The minimum atomic E-state index is -1.23. The normalized spacial score (nSPS) is 12.4. The molecule has 3 N–H and O–H groups in total. The molecule has 0 bridgehead atoms. The number of H-pyrrole nitrogens is 1. The van der Waals surface area contributed by atoms with Gasteiger partial charge < -0.3 is 15.2 Å². The summed E-state index contributed by atoms with van der Waals surface area (Å²) in [5.41, 5.74) is 0.126. The van der Waals surface area contributed by atoms with Gasteiger partial charge in [0.25, 0.3) is 0 Å². The number of halogens is 2. The van der Waals surface area contributed by atoms with Crippen LogP contribution in [-0.4, -0.2) is 26.2 Å². The second-order valence-electron chi connectivity index (χ2n) is 3.54. The Hall–Kier alpha value is -1.56. The molecule has 0 amide bonds. The minimum absolute atomic E-state index is 0.0617. The number of aromatic amines is 1. The highest BCUT2D eigenvalue weighted by molar-refractivity contribution is 6.33. The fraction of sp³-hybridized carbons (Fsp3) is 0.0909. The van der Waals surface area contributed by atoms with Crippen molar-refractivity contribution in [2.24, 2.45) is 0 Å². The molecule has 2 aromatic rings. The van der Waals surface area contributed by atoms with Crippen molar-refractivity contribution in [3.8, 4) is 0 Å². The third-order valence-corrected chi connectivity index (χ3v) is 2.98. The molecule has 0 aliphatic carbocycles. The largest absolute Gasteiger partial charge is 0.476 e. The molecule has 0 aliphatic rings. The van der Waals surface area contributed by atoms with Crippen LogP contribution in [0.25, 0.3) is 0 Å². The summed E-state index contributed by atoms with van der Waals surface area (Å²) in [6, 6.07) is 4.57. The van der Waals surface area contributed by atoms with Crippen molar-refractivity contribution in [2.45, 2.75) is 6.10 Å². The third kappa shape index (κ3) is 2.33. The van der Waals surface area contributed by atoms with Gasteiger partial charge in [0.2, 0.25) is 0 Å². The maximum Gasteiger partial charge on any atom is 0.356 e. The van der Waals surface area contributed by atoms with Gasteiger partial charge in [-0.3, -0.25) is 0 Å². The Morgan fingerprint density at radius 2 is 2.11 bits per heavy atom. The van der Waals surface area contributed by atoms with Gasteiger partial charge >= 0.3 is 5.97 Å². The number of carbonyl (C=O) groups is 1. The Morgan fingerprint density at radius 1 is 1.39 bits per heavy atom. The van der Waals surface area contributed by atoms with E-state index in [-0.39, 0.29) is 16.4 Å². The molecule has 94 valence electrons. The van der Waals surface area contributed by atoms with E-state index in [1.54, 1.807) is 6.07 Å². The van der Waals surface area contributed by atoms with Gasteiger partial charge in [0, 0.05) is 15.6 Å². The molecule has 0 radical (unpaired) electrons. The Morgan fingerprint density at radius 3 is 2.78 bits per heavy atom. The molecule has 0 saturated carbocycles. The number of rotatable bonds is 3. The Balaban J connectivity index is 2.47. The maximum atomic E-state index is 10.9. The lowest BCUT2D eigenvalue weighted by atomic mass is 10.1. The Labute approximate surface area is 112 Å². The van der Waals surface area contributed by atoms with Gasteiger partial charge in [0.15, 0.2) is 5.69 Å². The standard InChI is InChI=1S/C11H8Cl2N2O3/c12-5-1-2-7(13)6(3-5)10(16)8-9(11(17)18)15-4-14-8/h1-4,10,16H,(H,14,15)(H,17,18). The number of aromatic carboxylic acids is 1. The fourth-order valence-electron chi connectivity index (χ4n) is 1.56. The van der Waals surface area contributed by atoms with Gasteiger partial charge in [-0.1, -0.05) is 23.2 Å².